The molecule has 1 aromatic heterocycles. The molecule has 1 N–H and O–H groups in total. The second-order valence-corrected chi connectivity index (χ2v) is 8.63. The van der Waals surface area contributed by atoms with Gasteiger partial charge in [-0.05, 0) is 35.9 Å². The molecule has 104 valence electrons. The Hall–Kier alpha value is -0.510. The minimum atomic E-state index is 0.339. The van der Waals surface area contributed by atoms with E-state index in [2.05, 4.69) is 62.8 Å². The van der Waals surface area contributed by atoms with Crippen molar-refractivity contribution in [2.24, 2.45) is 0 Å². The number of likely N-dealkylation sites (N-methyl/N-ethyl adjacent to an activating group) is 1. The highest BCUT2D eigenvalue weighted by Crippen LogP contribution is 2.28. The number of nitrogens with one attached hydrogen (secondary N) is 1. The third kappa shape index (κ3) is 4.23. The fraction of sp³-hybridized carbons (Fsp3) is 0.500. The van der Waals surface area contributed by atoms with Gasteiger partial charge in [-0.2, -0.15) is 11.8 Å². The lowest BCUT2D eigenvalue weighted by molar-refractivity contribution is 0.616. The van der Waals surface area contributed by atoms with Gasteiger partial charge in [0.15, 0.2) is 0 Å². The quantitative estimate of drug-likeness (QED) is 0.867. The third-order valence-corrected chi connectivity index (χ3v) is 5.60. The van der Waals surface area contributed by atoms with Gasteiger partial charge in [0.1, 0.15) is 0 Å². The molecule has 0 fully saturated rings. The Balaban J connectivity index is 2.06. The van der Waals surface area contributed by atoms with Crippen LogP contribution in [0.2, 0.25) is 0 Å². The fourth-order valence-corrected chi connectivity index (χ4v) is 4.01. The summed E-state index contributed by atoms with van der Waals surface area (Å²) in [6, 6.07) is 9.25. The first-order chi connectivity index (χ1) is 8.99. The van der Waals surface area contributed by atoms with Gasteiger partial charge in [0.25, 0.3) is 0 Å². The Morgan fingerprint density at radius 2 is 2.00 bits per heavy atom. The van der Waals surface area contributed by atoms with E-state index in [1.165, 1.54) is 15.6 Å². The van der Waals surface area contributed by atoms with Crippen molar-refractivity contribution in [1.82, 2.24) is 5.32 Å². The van der Waals surface area contributed by atoms with Crippen molar-refractivity contribution in [3.8, 4) is 0 Å². The average Bonchev–Trinajstić information content (AvgIpc) is 2.77. The van der Waals surface area contributed by atoms with Gasteiger partial charge in [0.2, 0.25) is 0 Å². The molecule has 0 saturated heterocycles. The van der Waals surface area contributed by atoms with Gasteiger partial charge in [0, 0.05) is 21.2 Å². The molecule has 1 nitrogen and oxygen atoms in total. The van der Waals surface area contributed by atoms with Crippen LogP contribution in [0.5, 0.6) is 0 Å². The molecule has 0 saturated carbocycles. The van der Waals surface area contributed by atoms with Crippen LogP contribution in [0, 0.1) is 0 Å². The summed E-state index contributed by atoms with van der Waals surface area (Å²) in [4.78, 5) is 0. The molecule has 0 aliphatic carbocycles. The molecular formula is C16H23NS2. The van der Waals surface area contributed by atoms with Crippen molar-refractivity contribution >= 4 is 33.2 Å². The molecule has 0 aliphatic rings. The van der Waals surface area contributed by atoms with Crippen LogP contribution in [-0.2, 0) is 6.42 Å². The highest BCUT2D eigenvalue weighted by atomic mass is 32.2. The van der Waals surface area contributed by atoms with E-state index in [4.69, 9.17) is 0 Å². The van der Waals surface area contributed by atoms with Crippen molar-refractivity contribution in [3.63, 3.8) is 0 Å². The normalized spacial score (nSPS) is 13.9. The maximum atomic E-state index is 3.46. The predicted molar refractivity (Wildman–Crippen MR) is 90.6 cm³/mol. The minimum absolute atomic E-state index is 0.339. The fourth-order valence-electron chi connectivity index (χ4n) is 2.05. The summed E-state index contributed by atoms with van der Waals surface area (Å²) >= 11 is 3.89. The van der Waals surface area contributed by atoms with Crippen molar-refractivity contribution < 1.29 is 0 Å². The third-order valence-electron chi connectivity index (χ3n) is 3.15. The van der Waals surface area contributed by atoms with Gasteiger partial charge < -0.3 is 5.32 Å². The molecule has 19 heavy (non-hydrogen) atoms. The largest absolute Gasteiger partial charge is 0.316 e. The van der Waals surface area contributed by atoms with Gasteiger partial charge in [0.05, 0.1) is 0 Å². The maximum Gasteiger partial charge on any atom is 0.0345 e. The predicted octanol–water partition coefficient (Wildman–Crippen LogP) is 4.56. The Bertz CT molecular complexity index is 525. The molecule has 1 atom stereocenters. The van der Waals surface area contributed by atoms with E-state index in [0.29, 0.717) is 10.8 Å². The van der Waals surface area contributed by atoms with E-state index in [0.717, 1.165) is 12.2 Å². The van der Waals surface area contributed by atoms with Crippen LogP contribution in [0.25, 0.3) is 10.1 Å². The molecular weight excluding hydrogens is 270 g/mol. The zero-order valence-electron chi connectivity index (χ0n) is 12.2. The summed E-state index contributed by atoms with van der Waals surface area (Å²) in [6.07, 6.45) is 1.11. The van der Waals surface area contributed by atoms with Crippen LogP contribution in [0.1, 0.15) is 26.3 Å². The molecule has 0 aliphatic heterocycles. The van der Waals surface area contributed by atoms with Crippen molar-refractivity contribution in [1.29, 1.82) is 0 Å². The molecule has 2 rings (SSSR count). The second kappa shape index (κ2) is 6.29. The molecule has 1 heterocycles. The Kier molecular flexibility index (Phi) is 4.93. The second-order valence-electron chi connectivity index (χ2n) is 5.87. The highest BCUT2D eigenvalue weighted by Gasteiger charge is 2.16. The number of thioether (sulfide) groups is 1. The van der Waals surface area contributed by atoms with Crippen molar-refractivity contribution in [2.45, 2.75) is 38.0 Å². The topological polar surface area (TPSA) is 12.0 Å². The molecule has 1 unspecified atom stereocenters. The first kappa shape index (κ1) is 14.9. The first-order valence-electron chi connectivity index (χ1n) is 6.76. The minimum Gasteiger partial charge on any atom is -0.316 e. The summed E-state index contributed by atoms with van der Waals surface area (Å²) in [5.74, 6) is 1.16. The van der Waals surface area contributed by atoms with E-state index >= 15 is 0 Å². The Labute approximate surface area is 124 Å². The smallest absolute Gasteiger partial charge is 0.0345 e. The number of thiophene rings is 1. The lowest BCUT2D eigenvalue weighted by atomic mass is 10.1. The molecule has 0 amide bonds. The summed E-state index contributed by atoms with van der Waals surface area (Å²) in [6.45, 7) is 6.85. The van der Waals surface area contributed by atoms with Gasteiger partial charge in [-0.15, -0.1) is 11.3 Å². The summed E-state index contributed by atoms with van der Waals surface area (Å²) in [7, 11) is 2.07. The van der Waals surface area contributed by atoms with Gasteiger partial charge >= 0.3 is 0 Å². The lowest BCUT2D eigenvalue weighted by Gasteiger charge is -2.22. The van der Waals surface area contributed by atoms with Gasteiger partial charge in [-0.3, -0.25) is 0 Å². The van der Waals surface area contributed by atoms with Crippen LogP contribution in [0.15, 0.2) is 29.6 Å². The van der Waals surface area contributed by atoms with E-state index in [1.807, 2.05) is 23.1 Å². The highest BCUT2D eigenvalue weighted by molar-refractivity contribution is 8.00. The van der Waals surface area contributed by atoms with E-state index in [-0.39, 0.29) is 0 Å². The maximum absolute atomic E-state index is 3.46. The van der Waals surface area contributed by atoms with Crippen LogP contribution in [0.3, 0.4) is 0 Å². The molecule has 1 aromatic carbocycles. The molecule has 0 radical (unpaired) electrons. The van der Waals surface area contributed by atoms with Crippen LogP contribution in [0.4, 0.5) is 0 Å². The van der Waals surface area contributed by atoms with Crippen molar-refractivity contribution in [2.75, 3.05) is 12.8 Å². The number of hydrogen-bond acceptors (Lipinski definition) is 3. The Morgan fingerprint density at radius 1 is 1.26 bits per heavy atom. The Morgan fingerprint density at radius 3 is 2.68 bits per heavy atom. The van der Waals surface area contributed by atoms with Crippen LogP contribution < -0.4 is 5.32 Å². The van der Waals surface area contributed by atoms with Crippen LogP contribution >= 0.6 is 23.1 Å². The number of hydrogen-bond donors (Lipinski definition) is 1. The molecule has 0 bridgehead atoms. The first-order valence-corrected chi connectivity index (χ1v) is 8.62. The van der Waals surface area contributed by atoms with Gasteiger partial charge in [-0.1, -0.05) is 39.0 Å². The zero-order chi connectivity index (χ0) is 13.9. The molecule has 3 heteroatoms. The summed E-state index contributed by atoms with van der Waals surface area (Å²) < 4.78 is 1.74. The van der Waals surface area contributed by atoms with Crippen LogP contribution in [-0.4, -0.2) is 23.6 Å². The number of rotatable bonds is 5. The van der Waals surface area contributed by atoms with E-state index in [9.17, 15) is 0 Å². The average molecular weight is 294 g/mol. The van der Waals surface area contributed by atoms with Gasteiger partial charge in [-0.25, -0.2) is 0 Å². The summed E-state index contributed by atoms with van der Waals surface area (Å²) in [5, 5.41) is 7.20. The SMILES string of the molecule is CNC(CSC(C)(C)C)Cc1csc2ccccc12. The van der Waals surface area contributed by atoms with E-state index in [1.54, 1.807) is 0 Å². The lowest BCUT2D eigenvalue weighted by Crippen LogP contribution is -2.31. The summed E-state index contributed by atoms with van der Waals surface area (Å²) in [5.41, 5.74) is 1.48. The monoisotopic (exact) mass is 293 g/mol. The number of benzene rings is 1. The van der Waals surface area contributed by atoms with Crippen molar-refractivity contribution in [3.05, 3.63) is 35.2 Å². The number of fused-ring (bicyclic) bond motifs is 1. The van der Waals surface area contributed by atoms with E-state index < -0.39 is 0 Å². The molecule has 0 spiro atoms. The standard InChI is InChI=1S/C16H23NS2/c1-16(2,3)19-11-13(17-4)9-12-10-18-15-8-6-5-7-14(12)15/h5-8,10,13,17H,9,11H2,1-4H3. The molecule has 2 aromatic rings. The zero-order valence-corrected chi connectivity index (χ0v) is 13.8.